The molecule has 3 rings (SSSR count). The maximum Gasteiger partial charge on any atom is 0.243 e. The van der Waals surface area contributed by atoms with Crippen LogP contribution in [0.5, 0.6) is 5.75 Å². The van der Waals surface area contributed by atoms with Gasteiger partial charge in [0.05, 0.1) is 17.3 Å². The number of nitrogens with zero attached hydrogens (tertiary/aromatic N) is 2. The first kappa shape index (κ1) is 20.7. The summed E-state index contributed by atoms with van der Waals surface area (Å²) in [4.78, 5) is 15.8. The first-order chi connectivity index (χ1) is 13.4. The van der Waals surface area contributed by atoms with Crippen LogP contribution in [0.1, 0.15) is 6.92 Å². The van der Waals surface area contributed by atoms with E-state index in [1.54, 1.807) is 29.2 Å². The number of hydrogen-bond donors (Lipinski definition) is 0. The van der Waals surface area contributed by atoms with Crippen molar-refractivity contribution in [1.29, 1.82) is 0 Å². The van der Waals surface area contributed by atoms with Gasteiger partial charge in [-0.15, -0.1) is 11.8 Å². The molecule has 1 aliphatic rings. The molecule has 0 spiro atoms. The molecule has 1 atom stereocenters. The summed E-state index contributed by atoms with van der Waals surface area (Å²) < 4.78 is 32.1. The van der Waals surface area contributed by atoms with E-state index >= 15 is 0 Å². The van der Waals surface area contributed by atoms with Crippen LogP contribution in [0.3, 0.4) is 0 Å². The number of thioether (sulfide) groups is 1. The van der Waals surface area contributed by atoms with E-state index in [0.717, 1.165) is 4.90 Å². The van der Waals surface area contributed by atoms with Gasteiger partial charge in [-0.25, -0.2) is 8.42 Å². The third-order valence-corrected chi connectivity index (χ3v) is 7.66. The second kappa shape index (κ2) is 8.98. The van der Waals surface area contributed by atoms with Gasteiger partial charge in [-0.1, -0.05) is 18.2 Å². The summed E-state index contributed by atoms with van der Waals surface area (Å²) in [5.41, 5.74) is 0. The largest absolute Gasteiger partial charge is 0.497 e. The van der Waals surface area contributed by atoms with E-state index in [0.29, 0.717) is 31.9 Å². The summed E-state index contributed by atoms with van der Waals surface area (Å²) in [6.07, 6.45) is 0. The lowest BCUT2D eigenvalue weighted by atomic mass is 10.3. The first-order valence-electron chi connectivity index (χ1n) is 9.06. The fourth-order valence-electron chi connectivity index (χ4n) is 3.06. The average Bonchev–Trinajstić information content (AvgIpc) is 2.74. The Labute approximate surface area is 170 Å². The molecule has 1 saturated heterocycles. The fourth-order valence-corrected chi connectivity index (χ4v) is 5.45. The fraction of sp³-hybridized carbons (Fsp3) is 0.350. The van der Waals surface area contributed by atoms with E-state index in [4.69, 9.17) is 4.74 Å². The third-order valence-electron chi connectivity index (χ3n) is 4.65. The zero-order valence-corrected chi connectivity index (χ0v) is 17.6. The molecule has 0 N–H and O–H groups in total. The number of sulfonamides is 1. The van der Waals surface area contributed by atoms with E-state index in [-0.39, 0.29) is 16.1 Å². The van der Waals surface area contributed by atoms with Gasteiger partial charge in [0.2, 0.25) is 15.9 Å². The molecule has 28 heavy (non-hydrogen) atoms. The molecule has 0 unspecified atom stereocenters. The highest BCUT2D eigenvalue weighted by atomic mass is 32.2. The van der Waals surface area contributed by atoms with E-state index in [1.807, 2.05) is 37.3 Å². The normalized spacial score (nSPS) is 16.6. The van der Waals surface area contributed by atoms with Crippen molar-refractivity contribution in [2.24, 2.45) is 0 Å². The number of rotatable bonds is 6. The van der Waals surface area contributed by atoms with Gasteiger partial charge in [0.25, 0.3) is 0 Å². The van der Waals surface area contributed by atoms with Crippen molar-refractivity contribution in [3.05, 3.63) is 54.6 Å². The van der Waals surface area contributed by atoms with Crippen LogP contribution in [-0.4, -0.2) is 62.1 Å². The number of carbonyl (C=O) groups excluding carboxylic acids is 1. The van der Waals surface area contributed by atoms with Gasteiger partial charge < -0.3 is 9.64 Å². The molecule has 8 heteroatoms. The SMILES string of the molecule is COc1ccc(S(=O)(=O)N2CCN(C(=O)[C@H](C)Sc3ccccc3)CC2)cc1. The van der Waals surface area contributed by atoms with Crippen LogP contribution in [0.4, 0.5) is 0 Å². The highest BCUT2D eigenvalue weighted by molar-refractivity contribution is 8.00. The van der Waals surface area contributed by atoms with Crippen molar-refractivity contribution < 1.29 is 17.9 Å². The van der Waals surface area contributed by atoms with Crippen LogP contribution in [0, 0.1) is 0 Å². The summed E-state index contributed by atoms with van der Waals surface area (Å²) in [5.74, 6) is 0.648. The predicted octanol–water partition coefficient (Wildman–Crippen LogP) is 2.71. The molecule has 0 bridgehead atoms. The Morgan fingerprint density at radius 3 is 2.18 bits per heavy atom. The minimum Gasteiger partial charge on any atom is -0.497 e. The summed E-state index contributed by atoms with van der Waals surface area (Å²) in [6, 6.07) is 16.2. The molecular formula is C20H24N2O4S2. The Morgan fingerprint density at radius 1 is 1.00 bits per heavy atom. The standard InChI is InChI=1S/C20H24N2O4S2/c1-16(27-18-6-4-3-5-7-18)20(23)21-12-14-22(15-13-21)28(24,25)19-10-8-17(26-2)9-11-19/h3-11,16H,12-15H2,1-2H3/t16-/m0/s1. The molecule has 6 nitrogen and oxygen atoms in total. The topological polar surface area (TPSA) is 66.9 Å². The quantitative estimate of drug-likeness (QED) is 0.672. The monoisotopic (exact) mass is 420 g/mol. The number of benzene rings is 2. The molecule has 1 amide bonds. The van der Waals surface area contributed by atoms with Crippen LogP contribution in [0.25, 0.3) is 0 Å². The Balaban J connectivity index is 1.59. The van der Waals surface area contributed by atoms with Crippen LogP contribution >= 0.6 is 11.8 Å². The van der Waals surface area contributed by atoms with Crippen LogP contribution in [-0.2, 0) is 14.8 Å². The minimum atomic E-state index is -3.57. The van der Waals surface area contributed by atoms with E-state index in [9.17, 15) is 13.2 Å². The molecule has 1 fully saturated rings. The van der Waals surface area contributed by atoms with Gasteiger partial charge >= 0.3 is 0 Å². The molecule has 0 saturated carbocycles. The molecule has 0 radical (unpaired) electrons. The molecule has 2 aromatic rings. The number of piperazine rings is 1. The Bertz CT molecular complexity index is 894. The van der Waals surface area contributed by atoms with Crippen LogP contribution in [0.15, 0.2) is 64.4 Å². The van der Waals surface area contributed by atoms with E-state index in [2.05, 4.69) is 0 Å². The smallest absolute Gasteiger partial charge is 0.243 e. The lowest BCUT2D eigenvalue weighted by Gasteiger charge is -2.35. The van der Waals surface area contributed by atoms with Gasteiger partial charge in [0.1, 0.15) is 5.75 Å². The van der Waals surface area contributed by atoms with Crippen molar-refractivity contribution >= 4 is 27.7 Å². The number of methoxy groups -OCH3 is 1. The second-order valence-corrected chi connectivity index (χ2v) is 9.83. The van der Waals surface area contributed by atoms with Gasteiger partial charge in [-0.05, 0) is 43.3 Å². The predicted molar refractivity (Wildman–Crippen MR) is 110 cm³/mol. The van der Waals surface area contributed by atoms with Gasteiger partial charge in [0, 0.05) is 31.1 Å². The molecular weight excluding hydrogens is 396 g/mol. The zero-order chi connectivity index (χ0) is 20.1. The maximum absolute atomic E-state index is 12.8. The Morgan fingerprint density at radius 2 is 1.61 bits per heavy atom. The summed E-state index contributed by atoms with van der Waals surface area (Å²) >= 11 is 1.52. The van der Waals surface area contributed by atoms with Crippen molar-refractivity contribution in [3.8, 4) is 5.75 Å². The molecule has 0 aromatic heterocycles. The van der Waals surface area contributed by atoms with Crippen molar-refractivity contribution in [2.45, 2.75) is 22.0 Å². The zero-order valence-electron chi connectivity index (χ0n) is 15.9. The Hall–Kier alpha value is -2.03. The van der Waals surface area contributed by atoms with Gasteiger partial charge in [-0.3, -0.25) is 4.79 Å². The maximum atomic E-state index is 12.8. The minimum absolute atomic E-state index is 0.0374. The van der Waals surface area contributed by atoms with Crippen molar-refractivity contribution in [3.63, 3.8) is 0 Å². The second-order valence-electron chi connectivity index (χ2n) is 6.48. The van der Waals surface area contributed by atoms with Crippen molar-refractivity contribution in [2.75, 3.05) is 33.3 Å². The lowest BCUT2D eigenvalue weighted by Crippen LogP contribution is -2.52. The highest BCUT2D eigenvalue weighted by Crippen LogP contribution is 2.25. The number of carbonyl (C=O) groups is 1. The summed E-state index contributed by atoms with van der Waals surface area (Å²) in [5, 5.41) is -0.216. The van der Waals surface area contributed by atoms with Crippen LogP contribution in [0.2, 0.25) is 0 Å². The van der Waals surface area contributed by atoms with Crippen molar-refractivity contribution in [1.82, 2.24) is 9.21 Å². The van der Waals surface area contributed by atoms with E-state index < -0.39 is 10.0 Å². The highest BCUT2D eigenvalue weighted by Gasteiger charge is 2.31. The first-order valence-corrected chi connectivity index (χ1v) is 11.4. The summed E-state index contributed by atoms with van der Waals surface area (Å²) in [6.45, 7) is 3.27. The number of ether oxygens (including phenoxy) is 1. The van der Waals surface area contributed by atoms with Crippen LogP contribution < -0.4 is 4.74 Å². The number of hydrogen-bond acceptors (Lipinski definition) is 5. The molecule has 1 heterocycles. The molecule has 0 aliphatic carbocycles. The molecule has 1 aliphatic heterocycles. The molecule has 150 valence electrons. The van der Waals surface area contributed by atoms with Gasteiger partial charge in [0.15, 0.2) is 0 Å². The third kappa shape index (κ3) is 4.68. The van der Waals surface area contributed by atoms with Gasteiger partial charge in [-0.2, -0.15) is 4.31 Å². The van der Waals surface area contributed by atoms with E-state index in [1.165, 1.54) is 23.2 Å². The number of amides is 1. The average molecular weight is 421 g/mol. The Kier molecular flexibility index (Phi) is 6.64. The summed E-state index contributed by atoms with van der Waals surface area (Å²) in [7, 11) is -2.03. The lowest BCUT2D eigenvalue weighted by molar-refractivity contribution is -0.131. The molecule has 2 aromatic carbocycles.